The standard InChI is InChI=1S/C22H17Cl2N5O6S/c1-34-13-5-8-15(16(11-13)35-2)29-21(30)19(24)20(22(29)31)25-12-3-6-14(7-4-12)36(32,33)28-18-10-9-17(23)26-27-18/h3-11,25H,1-2H3,(H,27,28). The first-order valence-corrected chi connectivity index (χ1v) is 12.3. The maximum absolute atomic E-state index is 13.1. The van der Waals surface area contributed by atoms with Crippen molar-refractivity contribution in [3.05, 3.63) is 70.5 Å². The molecule has 186 valence electrons. The van der Waals surface area contributed by atoms with Crippen LogP contribution in [-0.4, -0.2) is 44.6 Å². The summed E-state index contributed by atoms with van der Waals surface area (Å²) in [7, 11) is -1.11. The first kappa shape index (κ1) is 25.2. The zero-order chi connectivity index (χ0) is 26.0. The summed E-state index contributed by atoms with van der Waals surface area (Å²) in [6.07, 6.45) is 0. The number of sulfonamides is 1. The highest BCUT2D eigenvalue weighted by Gasteiger charge is 2.40. The minimum absolute atomic E-state index is 0.0114. The summed E-state index contributed by atoms with van der Waals surface area (Å²) in [4.78, 5) is 26.7. The third-order valence-electron chi connectivity index (χ3n) is 4.96. The van der Waals surface area contributed by atoms with Crippen molar-refractivity contribution in [3.8, 4) is 11.5 Å². The number of ether oxygens (including phenoxy) is 2. The molecule has 2 aromatic carbocycles. The number of aromatic nitrogens is 2. The Labute approximate surface area is 215 Å². The largest absolute Gasteiger partial charge is 0.497 e. The summed E-state index contributed by atoms with van der Waals surface area (Å²) in [6, 6.07) is 12.8. The van der Waals surface area contributed by atoms with E-state index in [0.29, 0.717) is 11.4 Å². The van der Waals surface area contributed by atoms with E-state index in [1.54, 1.807) is 6.07 Å². The molecule has 0 fully saturated rings. The zero-order valence-electron chi connectivity index (χ0n) is 18.7. The second kappa shape index (κ2) is 10.0. The van der Waals surface area contributed by atoms with Crippen LogP contribution in [-0.2, 0) is 19.6 Å². The van der Waals surface area contributed by atoms with Gasteiger partial charge in [-0.15, -0.1) is 10.2 Å². The van der Waals surface area contributed by atoms with Gasteiger partial charge in [-0.2, -0.15) is 0 Å². The Bertz CT molecular complexity index is 1480. The third-order valence-corrected chi connectivity index (χ3v) is 6.88. The summed E-state index contributed by atoms with van der Waals surface area (Å²) in [6.45, 7) is 0. The van der Waals surface area contributed by atoms with Gasteiger partial charge in [0.25, 0.3) is 21.8 Å². The monoisotopic (exact) mass is 549 g/mol. The van der Waals surface area contributed by atoms with Crippen LogP contribution in [0.1, 0.15) is 0 Å². The van der Waals surface area contributed by atoms with Crippen molar-refractivity contribution < 1.29 is 27.5 Å². The molecule has 0 aliphatic carbocycles. The van der Waals surface area contributed by atoms with Crippen molar-refractivity contribution >= 4 is 62.2 Å². The van der Waals surface area contributed by atoms with Crippen LogP contribution in [0.3, 0.4) is 0 Å². The first-order chi connectivity index (χ1) is 17.1. The van der Waals surface area contributed by atoms with Crippen LogP contribution in [0.4, 0.5) is 17.2 Å². The minimum Gasteiger partial charge on any atom is -0.497 e. The SMILES string of the molecule is COc1ccc(N2C(=O)C(Cl)=C(Nc3ccc(S(=O)(=O)Nc4ccc(Cl)nn4)cc3)C2=O)c(OC)c1. The molecule has 1 aromatic heterocycles. The lowest BCUT2D eigenvalue weighted by atomic mass is 10.2. The fourth-order valence-corrected chi connectivity index (χ4v) is 4.54. The topological polar surface area (TPSA) is 140 Å². The minimum atomic E-state index is -3.97. The van der Waals surface area contributed by atoms with Gasteiger partial charge in [-0.3, -0.25) is 14.3 Å². The predicted molar refractivity (Wildman–Crippen MR) is 133 cm³/mol. The quantitative estimate of drug-likeness (QED) is 0.404. The highest BCUT2D eigenvalue weighted by Crippen LogP contribution is 2.37. The van der Waals surface area contributed by atoms with Crippen molar-refractivity contribution in [3.63, 3.8) is 0 Å². The van der Waals surface area contributed by atoms with Gasteiger partial charge in [0.15, 0.2) is 11.0 Å². The average molecular weight is 550 g/mol. The van der Waals surface area contributed by atoms with Gasteiger partial charge in [-0.1, -0.05) is 23.2 Å². The van der Waals surface area contributed by atoms with E-state index >= 15 is 0 Å². The summed E-state index contributed by atoms with van der Waals surface area (Å²) >= 11 is 11.8. The van der Waals surface area contributed by atoms with E-state index in [2.05, 4.69) is 20.2 Å². The van der Waals surface area contributed by atoms with Crippen molar-refractivity contribution in [1.29, 1.82) is 0 Å². The molecule has 0 unspecified atom stereocenters. The van der Waals surface area contributed by atoms with Crippen molar-refractivity contribution in [1.82, 2.24) is 10.2 Å². The molecule has 11 nitrogen and oxygen atoms in total. The molecule has 4 rings (SSSR count). The number of benzene rings is 2. The van der Waals surface area contributed by atoms with Gasteiger partial charge in [0.05, 0.1) is 24.8 Å². The highest BCUT2D eigenvalue weighted by molar-refractivity contribution is 7.92. The molecule has 2 heterocycles. The first-order valence-electron chi connectivity index (χ1n) is 10.0. The number of hydrogen-bond donors (Lipinski definition) is 2. The Kier molecular flexibility index (Phi) is 7.02. The number of methoxy groups -OCH3 is 2. The smallest absolute Gasteiger partial charge is 0.283 e. The van der Waals surface area contributed by atoms with E-state index < -0.39 is 21.8 Å². The van der Waals surface area contributed by atoms with Crippen molar-refractivity contribution in [2.24, 2.45) is 0 Å². The fraction of sp³-hybridized carbons (Fsp3) is 0.0909. The van der Waals surface area contributed by atoms with E-state index in [9.17, 15) is 18.0 Å². The van der Waals surface area contributed by atoms with E-state index in [0.717, 1.165) is 4.90 Å². The van der Waals surface area contributed by atoms with E-state index in [-0.39, 0.29) is 38.0 Å². The Morgan fingerprint density at radius 2 is 1.61 bits per heavy atom. The van der Waals surface area contributed by atoms with Crippen LogP contribution in [0.5, 0.6) is 11.5 Å². The van der Waals surface area contributed by atoms with Crippen LogP contribution in [0.2, 0.25) is 5.15 Å². The second-order valence-electron chi connectivity index (χ2n) is 7.17. The molecular formula is C22H17Cl2N5O6S. The summed E-state index contributed by atoms with van der Waals surface area (Å²) in [5.41, 5.74) is 0.323. The number of carbonyl (C=O) groups excluding carboxylic acids is 2. The normalized spacial score (nSPS) is 13.7. The molecule has 1 aliphatic heterocycles. The van der Waals surface area contributed by atoms with Crippen molar-refractivity contribution in [2.45, 2.75) is 4.90 Å². The number of anilines is 3. The number of halogens is 2. The number of nitrogens with zero attached hydrogens (tertiary/aromatic N) is 3. The molecule has 1 aliphatic rings. The number of hydrogen-bond acceptors (Lipinski definition) is 9. The molecule has 14 heteroatoms. The summed E-state index contributed by atoms with van der Waals surface area (Å²) in [5, 5.41) is 9.80. The predicted octanol–water partition coefficient (Wildman–Crippen LogP) is 3.38. The van der Waals surface area contributed by atoms with Gasteiger partial charge in [0, 0.05) is 11.8 Å². The van der Waals surface area contributed by atoms with Crippen LogP contribution in [0.15, 0.2) is 70.2 Å². The molecule has 3 aromatic rings. The van der Waals surface area contributed by atoms with E-state index in [1.165, 1.54) is 62.8 Å². The van der Waals surface area contributed by atoms with Crippen molar-refractivity contribution in [2.75, 3.05) is 29.2 Å². The Morgan fingerprint density at radius 1 is 0.889 bits per heavy atom. The molecule has 0 saturated carbocycles. The Balaban J connectivity index is 1.54. The molecule has 0 atom stereocenters. The maximum atomic E-state index is 13.1. The summed E-state index contributed by atoms with van der Waals surface area (Å²) < 4.78 is 37.9. The molecule has 0 saturated heterocycles. The molecule has 0 radical (unpaired) electrons. The van der Waals surface area contributed by atoms with E-state index in [4.69, 9.17) is 32.7 Å². The van der Waals surface area contributed by atoms with Gasteiger partial charge in [0.2, 0.25) is 0 Å². The lowest BCUT2D eigenvalue weighted by Gasteiger charge is -2.18. The highest BCUT2D eigenvalue weighted by atomic mass is 35.5. The molecule has 0 spiro atoms. The average Bonchev–Trinajstić information content (AvgIpc) is 3.08. The Morgan fingerprint density at radius 3 is 2.22 bits per heavy atom. The number of amides is 2. The van der Waals surface area contributed by atoms with Crippen LogP contribution >= 0.6 is 23.2 Å². The summed E-state index contributed by atoms with van der Waals surface area (Å²) in [5.74, 6) is -0.773. The fourth-order valence-electron chi connectivity index (χ4n) is 3.23. The van der Waals surface area contributed by atoms with Crippen LogP contribution in [0.25, 0.3) is 0 Å². The van der Waals surface area contributed by atoms with Gasteiger partial charge < -0.3 is 14.8 Å². The van der Waals surface area contributed by atoms with Gasteiger partial charge >= 0.3 is 0 Å². The molecule has 0 bridgehead atoms. The molecule has 36 heavy (non-hydrogen) atoms. The number of nitrogens with one attached hydrogen (secondary N) is 2. The molecular weight excluding hydrogens is 533 g/mol. The lowest BCUT2D eigenvalue weighted by molar-refractivity contribution is -0.120. The number of carbonyl (C=O) groups is 2. The van der Waals surface area contributed by atoms with Crippen LogP contribution < -0.4 is 24.4 Å². The molecule has 2 amide bonds. The number of imide groups is 1. The third kappa shape index (κ3) is 4.91. The van der Waals surface area contributed by atoms with Gasteiger partial charge in [-0.05, 0) is 48.5 Å². The molecule has 2 N–H and O–H groups in total. The van der Waals surface area contributed by atoms with Gasteiger partial charge in [0.1, 0.15) is 22.2 Å². The van der Waals surface area contributed by atoms with E-state index in [1.807, 2.05) is 0 Å². The Hall–Kier alpha value is -3.87. The lowest BCUT2D eigenvalue weighted by Crippen LogP contribution is -2.32. The second-order valence-corrected chi connectivity index (χ2v) is 9.62. The maximum Gasteiger partial charge on any atom is 0.283 e. The number of rotatable bonds is 8. The van der Waals surface area contributed by atoms with Gasteiger partial charge in [-0.25, -0.2) is 13.3 Å². The van der Waals surface area contributed by atoms with Crippen LogP contribution in [0, 0.1) is 0 Å². The zero-order valence-corrected chi connectivity index (χ0v) is 21.0.